The maximum atomic E-state index is 6.13. The molecule has 0 aliphatic heterocycles. The third kappa shape index (κ3) is 11.6. The Hall–Kier alpha value is 1.59. The van der Waals surface area contributed by atoms with Crippen molar-refractivity contribution in [3.05, 3.63) is 0 Å². The summed E-state index contributed by atoms with van der Waals surface area (Å²) in [5, 5.41) is 0. The van der Waals surface area contributed by atoms with Crippen LogP contribution >= 0.6 is 44.3 Å². The molecule has 0 aromatic heterocycles. The first-order valence-electron chi connectivity index (χ1n) is 3.96. The maximum absolute atomic E-state index is 6.13. The van der Waals surface area contributed by atoms with E-state index in [2.05, 4.69) is 13.1 Å². The van der Waals surface area contributed by atoms with E-state index in [4.69, 9.17) is 44.3 Å². The first kappa shape index (κ1) is 13.6. The van der Waals surface area contributed by atoms with Crippen molar-refractivity contribution < 1.29 is 0 Å². The van der Waals surface area contributed by atoms with Crippen LogP contribution in [0.3, 0.4) is 0 Å². The highest BCUT2D eigenvalue weighted by Gasteiger charge is 2.24. The van der Waals surface area contributed by atoms with E-state index in [1.807, 2.05) is 0 Å². The van der Waals surface area contributed by atoms with Gasteiger partial charge in [-0.05, 0) is 12.1 Å². The molecule has 0 N–H and O–H groups in total. The molecule has 0 nitrogen and oxygen atoms in total. The molecular weight excluding hydrogens is 270 g/mol. The van der Waals surface area contributed by atoms with E-state index >= 15 is 0 Å². The third-order valence-electron chi connectivity index (χ3n) is 1.48. The molecule has 0 aromatic carbocycles. The van der Waals surface area contributed by atoms with E-state index in [0.717, 1.165) is 24.9 Å². The molecule has 0 aliphatic carbocycles. The minimum atomic E-state index is -2.36. The number of halogens is 4. The summed E-state index contributed by atoms with van der Waals surface area (Å²) in [7, 11) is -1.40. The van der Waals surface area contributed by atoms with E-state index in [0.29, 0.717) is 0 Å². The predicted molar refractivity (Wildman–Crippen MR) is 65.5 cm³/mol. The summed E-state index contributed by atoms with van der Waals surface area (Å²) in [5.74, 6) is 0. The summed E-state index contributed by atoms with van der Waals surface area (Å²) in [5.41, 5.74) is 0. The highest BCUT2D eigenvalue weighted by atomic mass is 35.8. The zero-order valence-electron chi connectivity index (χ0n) is 7.34. The lowest BCUT2D eigenvalue weighted by molar-refractivity contribution is 0.867. The Morgan fingerprint density at radius 3 is 1.58 bits per heavy atom. The van der Waals surface area contributed by atoms with Crippen molar-refractivity contribution in [3.8, 4) is 0 Å². The Labute approximate surface area is 95.4 Å². The Morgan fingerprint density at radius 1 is 0.833 bits per heavy atom. The minimum absolute atomic E-state index is 0.763. The summed E-state index contributed by atoms with van der Waals surface area (Å²) in [4.78, 5) is 0. The molecule has 0 aliphatic rings. The fraction of sp³-hybridized carbons (Fsp3) is 1.00. The van der Waals surface area contributed by atoms with Gasteiger partial charge < -0.3 is 0 Å². The van der Waals surface area contributed by atoms with Crippen molar-refractivity contribution in [2.45, 2.75) is 38.0 Å². The molecule has 0 unspecified atom stereocenters. The lowest BCUT2D eigenvalue weighted by Crippen LogP contribution is -2.16. The van der Waals surface area contributed by atoms with Crippen molar-refractivity contribution in [2.75, 3.05) is 0 Å². The van der Waals surface area contributed by atoms with Gasteiger partial charge in [-0.3, -0.25) is 0 Å². The molecule has 6 heteroatoms. The van der Waals surface area contributed by atoms with Gasteiger partial charge in [0.2, 0.25) is 0 Å². The van der Waals surface area contributed by atoms with E-state index in [1.165, 1.54) is 0 Å². The number of hydrogen-bond acceptors (Lipinski definition) is 0. The zero-order valence-corrected chi connectivity index (χ0v) is 12.4. The molecule has 0 aromatic rings. The molecule has 0 spiro atoms. The second-order valence-electron chi connectivity index (χ2n) is 3.54. The van der Waals surface area contributed by atoms with Gasteiger partial charge in [-0.25, -0.2) is 0 Å². The maximum Gasteiger partial charge on any atom is 0.341 e. The third-order valence-corrected chi connectivity index (χ3v) is 6.21. The molecule has 0 fully saturated rings. The van der Waals surface area contributed by atoms with Crippen molar-refractivity contribution in [2.24, 2.45) is 0 Å². The van der Waals surface area contributed by atoms with Crippen molar-refractivity contribution in [1.82, 2.24) is 0 Å². The number of rotatable bonds is 5. The summed E-state index contributed by atoms with van der Waals surface area (Å²) in [6.45, 7) is 4.28. The second kappa shape index (κ2) is 5.47. The van der Waals surface area contributed by atoms with E-state index in [-0.39, 0.29) is 0 Å². The Kier molecular flexibility index (Phi) is 6.20. The highest BCUT2D eigenvalue weighted by molar-refractivity contribution is 7.64. The van der Waals surface area contributed by atoms with E-state index < -0.39 is 13.4 Å². The number of hydrogen-bond donors (Lipinski definition) is 0. The topological polar surface area (TPSA) is 0 Å². The van der Waals surface area contributed by atoms with Gasteiger partial charge in [-0.15, -0.1) is 33.2 Å². The molecule has 0 amide bonds. The van der Waals surface area contributed by atoms with Crippen LogP contribution in [-0.2, 0) is 0 Å². The van der Waals surface area contributed by atoms with Crippen molar-refractivity contribution in [3.63, 3.8) is 0 Å². The Bertz CT molecular complexity index is 110. The average molecular weight is 284 g/mol. The Morgan fingerprint density at radius 2 is 1.25 bits per heavy atom. The molecule has 0 heterocycles. The molecule has 0 radical (unpaired) electrons. The van der Waals surface area contributed by atoms with Crippen LogP contribution in [0.15, 0.2) is 0 Å². The van der Waals surface area contributed by atoms with Crippen molar-refractivity contribution >= 4 is 57.7 Å². The summed E-state index contributed by atoms with van der Waals surface area (Å²) in [6.07, 6.45) is 2.11. The van der Waals surface area contributed by atoms with Crippen LogP contribution in [-0.4, -0.2) is 13.4 Å². The highest BCUT2D eigenvalue weighted by Crippen LogP contribution is 2.28. The van der Waals surface area contributed by atoms with E-state index in [9.17, 15) is 0 Å². The van der Waals surface area contributed by atoms with Crippen LogP contribution in [0.25, 0.3) is 0 Å². The molecule has 12 heavy (non-hydrogen) atoms. The van der Waals surface area contributed by atoms with Crippen molar-refractivity contribution in [1.29, 1.82) is 0 Å². The molecule has 0 atom stereocenters. The first-order valence-corrected chi connectivity index (χ1v) is 13.4. The standard InChI is InChI=1S/C6H14Cl4Si2/c1-11(2,7)5-3-4-6-12(8,9)10/h3-6H2,1-2H3. The zero-order chi connectivity index (χ0) is 9.83. The SMILES string of the molecule is C[Si](C)(Cl)CCCC[Si](Cl)(Cl)Cl. The molecule has 0 bridgehead atoms. The first-order chi connectivity index (χ1) is 5.21. The molecular formula is C6H14Cl4Si2. The van der Waals surface area contributed by atoms with Gasteiger partial charge in [0.05, 0.1) is 0 Å². The molecule has 0 saturated heterocycles. The summed E-state index contributed by atoms with van der Waals surface area (Å²) in [6, 6.07) is -0.487. The van der Waals surface area contributed by atoms with Crippen LogP contribution in [0.5, 0.6) is 0 Å². The normalized spacial score (nSPS) is 13.5. The van der Waals surface area contributed by atoms with Crippen LogP contribution in [0.1, 0.15) is 12.8 Å². The van der Waals surface area contributed by atoms with Gasteiger partial charge in [-0.2, -0.15) is 11.1 Å². The fourth-order valence-electron chi connectivity index (χ4n) is 0.871. The summed E-state index contributed by atoms with van der Waals surface area (Å²) < 4.78 is 0. The van der Waals surface area contributed by atoms with Crippen LogP contribution in [0.4, 0.5) is 0 Å². The smallest absolute Gasteiger partial charge is 0.168 e. The predicted octanol–water partition coefficient (Wildman–Crippen LogP) is 4.87. The monoisotopic (exact) mass is 282 g/mol. The van der Waals surface area contributed by atoms with Crippen LogP contribution < -0.4 is 0 Å². The quantitative estimate of drug-likeness (QED) is 0.384. The Balaban J connectivity index is 3.35. The van der Waals surface area contributed by atoms with Gasteiger partial charge in [0, 0.05) is 0 Å². The largest absolute Gasteiger partial charge is 0.341 e. The van der Waals surface area contributed by atoms with E-state index in [1.54, 1.807) is 0 Å². The number of unbranched alkanes of at least 4 members (excludes halogenated alkanes) is 1. The molecule has 0 rings (SSSR count). The van der Waals surface area contributed by atoms with Gasteiger partial charge in [0.25, 0.3) is 0 Å². The van der Waals surface area contributed by atoms with Gasteiger partial charge in [-0.1, -0.05) is 25.9 Å². The molecule has 74 valence electrons. The average Bonchev–Trinajstić information content (AvgIpc) is 1.76. The van der Waals surface area contributed by atoms with Crippen LogP contribution in [0.2, 0.25) is 25.2 Å². The minimum Gasteiger partial charge on any atom is -0.168 e. The lowest BCUT2D eigenvalue weighted by atomic mass is 10.4. The lowest BCUT2D eigenvalue weighted by Gasteiger charge is -2.13. The second-order valence-corrected chi connectivity index (χ2v) is 19.8. The van der Waals surface area contributed by atoms with Gasteiger partial charge in [0.1, 0.15) is 7.38 Å². The van der Waals surface area contributed by atoms with Gasteiger partial charge in [0.15, 0.2) is 0 Å². The van der Waals surface area contributed by atoms with Gasteiger partial charge >= 0.3 is 6.00 Å². The fourth-order valence-corrected chi connectivity index (χ4v) is 4.22. The van der Waals surface area contributed by atoms with Crippen LogP contribution in [0, 0.1) is 0 Å². The molecule has 0 saturated carbocycles. The summed E-state index contributed by atoms with van der Waals surface area (Å²) >= 11 is 23.3.